The molecule has 0 aliphatic rings. The Balaban J connectivity index is 2.53. The van der Waals surface area contributed by atoms with Crippen LogP contribution in [0.1, 0.15) is 47.2 Å². The van der Waals surface area contributed by atoms with Crippen molar-refractivity contribution in [2.45, 2.75) is 52.6 Å². The maximum absolute atomic E-state index is 11.6. The summed E-state index contributed by atoms with van der Waals surface area (Å²) < 4.78 is 5.39. The molecule has 18 heavy (non-hydrogen) atoms. The molecule has 0 aromatic carbocycles. The van der Waals surface area contributed by atoms with Gasteiger partial charge in [-0.25, -0.2) is 0 Å². The predicted molar refractivity (Wildman–Crippen MR) is 71.6 cm³/mol. The van der Waals surface area contributed by atoms with Gasteiger partial charge in [0.05, 0.1) is 5.60 Å². The molecule has 0 aliphatic carbocycles. The molecule has 0 saturated heterocycles. The van der Waals surface area contributed by atoms with Gasteiger partial charge < -0.3 is 10.1 Å². The van der Waals surface area contributed by atoms with E-state index in [-0.39, 0.29) is 23.5 Å². The van der Waals surface area contributed by atoms with Crippen LogP contribution in [0.15, 0.2) is 6.07 Å². The van der Waals surface area contributed by atoms with Gasteiger partial charge in [0, 0.05) is 17.2 Å². The van der Waals surface area contributed by atoms with E-state index in [1.807, 2.05) is 26.8 Å². The lowest BCUT2D eigenvalue weighted by Gasteiger charge is -2.18. The molecule has 0 fully saturated rings. The molecule has 1 rings (SSSR count). The number of ether oxygens (including phenoxy) is 1. The molecule has 0 saturated carbocycles. The van der Waals surface area contributed by atoms with Gasteiger partial charge in [0.2, 0.25) is 0 Å². The van der Waals surface area contributed by atoms with Gasteiger partial charge in [-0.3, -0.25) is 9.89 Å². The van der Waals surface area contributed by atoms with Crippen molar-refractivity contribution >= 4 is 11.7 Å². The van der Waals surface area contributed by atoms with Crippen molar-refractivity contribution in [1.29, 1.82) is 0 Å². The second-order valence-corrected chi connectivity index (χ2v) is 6.37. The molecule has 2 N–H and O–H groups in total. The van der Waals surface area contributed by atoms with Crippen molar-refractivity contribution in [2.24, 2.45) is 0 Å². The first-order valence-electron chi connectivity index (χ1n) is 6.08. The van der Waals surface area contributed by atoms with E-state index in [1.165, 1.54) is 0 Å². The zero-order chi connectivity index (χ0) is 14.0. The van der Waals surface area contributed by atoms with Gasteiger partial charge in [-0.15, -0.1) is 0 Å². The highest BCUT2D eigenvalue weighted by Gasteiger charge is 2.18. The lowest BCUT2D eigenvalue weighted by molar-refractivity contribution is -0.125. The Morgan fingerprint density at radius 1 is 1.33 bits per heavy atom. The van der Waals surface area contributed by atoms with Gasteiger partial charge in [0.15, 0.2) is 5.82 Å². The number of H-pyrrole nitrogens is 1. The Labute approximate surface area is 108 Å². The standard InChI is InChI=1S/C13H23N3O2/c1-12(2,3)9-7-10(16-15-9)14-11(17)8-18-13(4,5)6/h7H,8H2,1-6H3,(H2,14,15,16,17). The van der Waals surface area contributed by atoms with Crippen LogP contribution in [-0.4, -0.2) is 28.3 Å². The lowest BCUT2D eigenvalue weighted by Crippen LogP contribution is -2.27. The predicted octanol–water partition coefficient (Wildman–Crippen LogP) is 2.46. The van der Waals surface area contributed by atoms with Crippen molar-refractivity contribution in [3.8, 4) is 0 Å². The first-order chi connectivity index (χ1) is 8.08. The second kappa shape index (κ2) is 5.10. The van der Waals surface area contributed by atoms with Crippen LogP contribution in [0.25, 0.3) is 0 Å². The molecular weight excluding hydrogens is 230 g/mol. The first-order valence-corrected chi connectivity index (χ1v) is 6.08. The summed E-state index contributed by atoms with van der Waals surface area (Å²) in [5.74, 6) is 0.333. The fourth-order valence-corrected chi connectivity index (χ4v) is 1.23. The highest BCUT2D eigenvalue weighted by Crippen LogP contribution is 2.21. The van der Waals surface area contributed by atoms with Crippen LogP contribution >= 0.6 is 0 Å². The van der Waals surface area contributed by atoms with Gasteiger partial charge >= 0.3 is 0 Å². The van der Waals surface area contributed by atoms with E-state index in [0.29, 0.717) is 5.82 Å². The highest BCUT2D eigenvalue weighted by molar-refractivity contribution is 5.90. The van der Waals surface area contributed by atoms with E-state index in [9.17, 15) is 4.79 Å². The fourth-order valence-electron chi connectivity index (χ4n) is 1.23. The third-order valence-electron chi connectivity index (χ3n) is 2.29. The van der Waals surface area contributed by atoms with Crippen LogP contribution in [0.3, 0.4) is 0 Å². The van der Waals surface area contributed by atoms with Crippen molar-refractivity contribution in [1.82, 2.24) is 10.2 Å². The van der Waals surface area contributed by atoms with Crippen LogP contribution in [0.2, 0.25) is 0 Å². The topological polar surface area (TPSA) is 67.0 Å². The average Bonchev–Trinajstić information content (AvgIpc) is 2.61. The summed E-state index contributed by atoms with van der Waals surface area (Å²) >= 11 is 0. The zero-order valence-electron chi connectivity index (χ0n) is 12.0. The number of carbonyl (C=O) groups excluding carboxylic acids is 1. The maximum Gasteiger partial charge on any atom is 0.251 e. The maximum atomic E-state index is 11.6. The molecule has 1 aromatic heterocycles. The Kier molecular flexibility index (Phi) is 4.16. The summed E-state index contributed by atoms with van der Waals surface area (Å²) in [5.41, 5.74) is 0.645. The molecule has 5 heteroatoms. The van der Waals surface area contributed by atoms with Gasteiger partial charge in [0.25, 0.3) is 5.91 Å². The highest BCUT2D eigenvalue weighted by atomic mass is 16.5. The third-order valence-corrected chi connectivity index (χ3v) is 2.29. The zero-order valence-corrected chi connectivity index (χ0v) is 12.0. The molecule has 0 aliphatic heterocycles. The van der Waals surface area contributed by atoms with E-state index in [4.69, 9.17) is 4.74 Å². The monoisotopic (exact) mass is 253 g/mol. The summed E-state index contributed by atoms with van der Waals surface area (Å²) in [6, 6.07) is 1.84. The number of amides is 1. The third kappa shape index (κ3) is 4.87. The van der Waals surface area contributed by atoms with Crippen LogP contribution in [0, 0.1) is 0 Å². The number of anilines is 1. The van der Waals surface area contributed by atoms with Crippen molar-refractivity contribution in [3.05, 3.63) is 11.8 Å². The largest absolute Gasteiger partial charge is 0.366 e. The van der Waals surface area contributed by atoms with Gasteiger partial charge in [-0.2, -0.15) is 5.10 Å². The quantitative estimate of drug-likeness (QED) is 0.869. The SMILES string of the molecule is CC(C)(C)OCC(=O)Nc1cc(C(C)(C)C)[nH]n1. The van der Waals surface area contributed by atoms with Gasteiger partial charge in [0.1, 0.15) is 6.61 Å². The second-order valence-electron chi connectivity index (χ2n) is 6.37. The number of nitrogens with zero attached hydrogens (tertiary/aromatic N) is 1. The normalized spacial score (nSPS) is 12.6. The molecule has 0 unspecified atom stereocenters. The van der Waals surface area contributed by atoms with Crippen molar-refractivity contribution in [2.75, 3.05) is 11.9 Å². The summed E-state index contributed by atoms with van der Waals surface area (Å²) in [6.07, 6.45) is 0. The summed E-state index contributed by atoms with van der Waals surface area (Å²) in [7, 11) is 0. The molecule has 1 amide bonds. The molecule has 0 spiro atoms. The van der Waals surface area contributed by atoms with Crippen LogP contribution in [0.5, 0.6) is 0 Å². The van der Waals surface area contributed by atoms with Crippen LogP contribution in [0.4, 0.5) is 5.82 Å². The Morgan fingerprint density at radius 3 is 2.39 bits per heavy atom. The molecule has 0 bridgehead atoms. The van der Waals surface area contributed by atoms with Crippen molar-refractivity contribution in [3.63, 3.8) is 0 Å². The van der Waals surface area contributed by atoms with Crippen LogP contribution < -0.4 is 5.32 Å². The molecule has 102 valence electrons. The van der Waals surface area contributed by atoms with E-state index in [2.05, 4.69) is 36.3 Å². The Bertz CT molecular complexity index is 411. The number of aromatic amines is 1. The molecule has 0 atom stereocenters. The first kappa shape index (κ1) is 14.7. The molecule has 5 nitrogen and oxygen atoms in total. The average molecular weight is 253 g/mol. The molecular formula is C13H23N3O2. The molecule has 0 radical (unpaired) electrons. The number of hydrogen-bond acceptors (Lipinski definition) is 3. The van der Waals surface area contributed by atoms with Gasteiger partial charge in [-0.05, 0) is 20.8 Å². The smallest absolute Gasteiger partial charge is 0.251 e. The summed E-state index contributed by atoms with van der Waals surface area (Å²) in [4.78, 5) is 11.6. The number of rotatable bonds is 3. The Hall–Kier alpha value is -1.36. The number of carbonyl (C=O) groups is 1. The Morgan fingerprint density at radius 2 is 1.94 bits per heavy atom. The summed E-state index contributed by atoms with van der Waals surface area (Å²) in [5, 5.41) is 9.67. The number of nitrogens with one attached hydrogen (secondary N) is 2. The number of hydrogen-bond donors (Lipinski definition) is 2. The minimum absolute atomic E-state index is 0.0160. The molecule has 1 heterocycles. The fraction of sp³-hybridized carbons (Fsp3) is 0.692. The van der Waals surface area contributed by atoms with Crippen LogP contribution in [-0.2, 0) is 14.9 Å². The van der Waals surface area contributed by atoms with E-state index in [0.717, 1.165) is 5.69 Å². The van der Waals surface area contributed by atoms with Crippen molar-refractivity contribution < 1.29 is 9.53 Å². The van der Waals surface area contributed by atoms with E-state index >= 15 is 0 Å². The van der Waals surface area contributed by atoms with E-state index < -0.39 is 0 Å². The minimum Gasteiger partial charge on any atom is -0.366 e. The lowest BCUT2D eigenvalue weighted by atomic mass is 9.92. The molecule has 1 aromatic rings. The number of aromatic nitrogens is 2. The summed E-state index contributed by atoms with van der Waals surface area (Å²) in [6.45, 7) is 12.0. The van der Waals surface area contributed by atoms with Gasteiger partial charge in [-0.1, -0.05) is 20.8 Å². The minimum atomic E-state index is -0.320. The van der Waals surface area contributed by atoms with E-state index in [1.54, 1.807) is 0 Å².